The summed E-state index contributed by atoms with van der Waals surface area (Å²) in [6.45, 7) is 2.83. The predicted octanol–water partition coefficient (Wildman–Crippen LogP) is 4.26. The van der Waals surface area contributed by atoms with E-state index >= 15 is 0 Å². The number of rotatable bonds is 4. The van der Waals surface area contributed by atoms with Crippen molar-refractivity contribution >= 4 is 28.0 Å². The number of hydrogen-bond acceptors (Lipinski definition) is 3. The van der Waals surface area contributed by atoms with Gasteiger partial charge < -0.3 is 9.32 Å². The molecule has 1 aliphatic heterocycles. The van der Waals surface area contributed by atoms with Crippen LogP contribution in [0.1, 0.15) is 24.2 Å². The van der Waals surface area contributed by atoms with Crippen molar-refractivity contribution in [3.05, 3.63) is 52.2 Å². The van der Waals surface area contributed by atoms with Crippen molar-refractivity contribution in [2.45, 2.75) is 19.4 Å². The molecule has 0 N–H and O–H groups in total. The number of halogens is 1. The molecule has 0 spiro atoms. The number of nitrogens with zero attached hydrogens (tertiary/aromatic N) is 2. The molecular weight excluding hydrogens is 316 g/mol. The third-order valence-electron chi connectivity index (χ3n) is 3.42. The van der Waals surface area contributed by atoms with Crippen molar-refractivity contribution in [1.29, 1.82) is 0 Å². The van der Waals surface area contributed by atoms with Crippen LogP contribution < -0.4 is 4.90 Å². The summed E-state index contributed by atoms with van der Waals surface area (Å²) < 4.78 is 6.88. The second-order valence-corrected chi connectivity index (χ2v) is 5.81. The molecule has 1 aromatic heterocycles. The second-order valence-electron chi connectivity index (χ2n) is 4.95. The first-order valence-electron chi connectivity index (χ1n) is 6.91. The monoisotopic (exact) mass is 332 g/mol. The van der Waals surface area contributed by atoms with Gasteiger partial charge in [-0.1, -0.05) is 30.3 Å². The molecule has 0 aliphatic carbocycles. The van der Waals surface area contributed by atoms with Crippen LogP contribution in [0.3, 0.4) is 0 Å². The molecular formula is C16H17BrN2O. The number of anilines is 1. The molecule has 4 heteroatoms. The maximum atomic E-state index is 5.87. The van der Waals surface area contributed by atoms with Crippen LogP contribution in [-0.2, 0) is 6.54 Å². The zero-order chi connectivity index (χ0) is 13.8. The zero-order valence-electron chi connectivity index (χ0n) is 11.3. The van der Waals surface area contributed by atoms with E-state index in [1.165, 1.54) is 18.4 Å². The molecule has 20 heavy (non-hydrogen) atoms. The quantitative estimate of drug-likeness (QED) is 0.782. The summed E-state index contributed by atoms with van der Waals surface area (Å²) in [6, 6.07) is 12.2. The van der Waals surface area contributed by atoms with Crippen molar-refractivity contribution in [2.24, 2.45) is 4.99 Å². The summed E-state index contributed by atoms with van der Waals surface area (Å²) >= 11 is 3.57. The van der Waals surface area contributed by atoms with Gasteiger partial charge in [-0.3, -0.25) is 4.99 Å². The van der Waals surface area contributed by atoms with E-state index in [1.54, 1.807) is 6.21 Å². The molecule has 0 bridgehead atoms. The van der Waals surface area contributed by atoms with Crippen molar-refractivity contribution in [2.75, 3.05) is 18.0 Å². The molecule has 1 saturated heterocycles. The van der Waals surface area contributed by atoms with E-state index in [2.05, 4.69) is 38.0 Å². The summed E-state index contributed by atoms with van der Waals surface area (Å²) in [6.07, 6.45) is 4.28. The van der Waals surface area contributed by atoms with Gasteiger partial charge >= 0.3 is 0 Å². The zero-order valence-corrected chi connectivity index (χ0v) is 12.8. The van der Waals surface area contributed by atoms with Crippen LogP contribution >= 0.6 is 15.9 Å². The fourth-order valence-electron chi connectivity index (χ4n) is 2.40. The molecule has 3 nitrogen and oxygen atoms in total. The number of benzene rings is 1. The molecule has 2 heterocycles. The Balaban J connectivity index is 1.67. The van der Waals surface area contributed by atoms with Gasteiger partial charge in [-0.2, -0.15) is 0 Å². The van der Waals surface area contributed by atoms with Crippen LogP contribution in [0.5, 0.6) is 0 Å². The lowest BCUT2D eigenvalue weighted by Crippen LogP contribution is -2.17. The van der Waals surface area contributed by atoms with Crippen molar-refractivity contribution in [3.8, 4) is 0 Å². The van der Waals surface area contributed by atoms with E-state index < -0.39 is 0 Å². The highest BCUT2D eigenvalue weighted by molar-refractivity contribution is 9.10. The largest absolute Gasteiger partial charge is 0.438 e. The lowest BCUT2D eigenvalue weighted by molar-refractivity contribution is 0.549. The molecule has 1 aromatic carbocycles. The summed E-state index contributed by atoms with van der Waals surface area (Å²) in [4.78, 5) is 6.71. The fraction of sp³-hybridized carbons (Fsp3) is 0.312. The van der Waals surface area contributed by atoms with Gasteiger partial charge in [0.25, 0.3) is 0 Å². The smallest absolute Gasteiger partial charge is 0.210 e. The second kappa shape index (κ2) is 6.27. The Bertz CT molecular complexity index is 586. The Hall–Kier alpha value is -1.55. The van der Waals surface area contributed by atoms with Crippen molar-refractivity contribution in [1.82, 2.24) is 0 Å². The van der Waals surface area contributed by atoms with Gasteiger partial charge in [0.1, 0.15) is 5.76 Å². The Morgan fingerprint density at radius 1 is 1.20 bits per heavy atom. The summed E-state index contributed by atoms with van der Waals surface area (Å²) in [5.41, 5.74) is 1.20. The molecule has 3 rings (SSSR count). The topological polar surface area (TPSA) is 28.7 Å². The minimum Gasteiger partial charge on any atom is -0.438 e. The minimum atomic E-state index is 0.679. The summed E-state index contributed by atoms with van der Waals surface area (Å²) in [5.74, 6) is 1.73. The minimum absolute atomic E-state index is 0.679. The molecule has 0 amide bonds. The van der Waals surface area contributed by atoms with Gasteiger partial charge in [-0.05, 0) is 34.3 Å². The lowest BCUT2D eigenvalue weighted by Gasteiger charge is -2.13. The normalized spacial score (nSPS) is 15.3. The predicted molar refractivity (Wildman–Crippen MR) is 85.6 cm³/mol. The maximum absolute atomic E-state index is 5.87. The van der Waals surface area contributed by atoms with Gasteiger partial charge in [-0.15, -0.1) is 0 Å². The van der Waals surface area contributed by atoms with E-state index in [0.29, 0.717) is 6.54 Å². The van der Waals surface area contributed by atoms with E-state index in [0.717, 1.165) is 29.2 Å². The van der Waals surface area contributed by atoms with Crippen LogP contribution in [0.25, 0.3) is 0 Å². The van der Waals surface area contributed by atoms with Crippen LogP contribution in [-0.4, -0.2) is 19.3 Å². The molecule has 1 aliphatic rings. The molecule has 0 saturated carbocycles. The third-order valence-corrected chi connectivity index (χ3v) is 3.98. The van der Waals surface area contributed by atoms with Crippen LogP contribution in [0, 0.1) is 0 Å². The summed E-state index contributed by atoms with van der Waals surface area (Å²) in [7, 11) is 0. The highest BCUT2D eigenvalue weighted by Gasteiger charge is 2.19. The van der Waals surface area contributed by atoms with E-state index in [9.17, 15) is 0 Å². The molecule has 2 aromatic rings. The first-order chi connectivity index (χ1) is 9.83. The SMILES string of the molecule is Brc1cc(C=NCc2ccccc2)oc1N1CCCC1. The molecule has 1 fully saturated rings. The van der Waals surface area contributed by atoms with Crippen LogP contribution in [0.2, 0.25) is 0 Å². The highest BCUT2D eigenvalue weighted by atomic mass is 79.9. The number of hydrogen-bond donors (Lipinski definition) is 0. The molecule has 104 valence electrons. The average Bonchev–Trinajstić information content (AvgIpc) is 3.09. The van der Waals surface area contributed by atoms with E-state index in [-0.39, 0.29) is 0 Å². The Morgan fingerprint density at radius 3 is 2.70 bits per heavy atom. The molecule has 0 radical (unpaired) electrons. The van der Waals surface area contributed by atoms with Crippen molar-refractivity contribution in [3.63, 3.8) is 0 Å². The summed E-state index contributed by atoms with van der Waals surface area (Å²) in [5, 5.41) is 0. The standard InChI is InChI=1S/C16H17BrN2O/c17-15-10-14(20-16(15)19-8-4-5-9-19)12-18-11-13-6-2-1-3-7-13/h1-3,6-7,10,12H,4-5,8-9,11H2. The molecule has 0 unspecified atom stereocenters. The van der Waals surface area contributed by atoms with Gasteiger partial charge in [-0.25, -0.2) is 0 Å². The van der Waals surface area contributed by atoms with Gasteiger partial charge in [0.15, 0.2) is 0 Å². The van der Waals surface area contributed by atoms with E-state index in [4.69, 9.17) is 4.42 Å². The lowest BCUT2D eigenvalue weighted by atomic mass is 10.2. The fourth-order valence-corrected chi connectivity index (χ4v) is 2.96. The first kappa shape index (κ1) is 13.4. The first-order valence-corrected chi connectivity index (χ1v) is 7.70. The number of furan rings is 1. The van der Waals surface area contributed by atoms with Gasteiger partial charge in [0.05, 0.1) is 17.2 Å². The third kappa shape index (κ3) is 3.12. The maximum Gasteiger partial charge on any atom is 0.210 e. The Kier molecular flexibility index (Phi) is 4.21. The van der Waals surface area contributed by atoms with Crippen LogP contribution in [0.4, 0.5) is 5.88 Å². The average molecular weight is 333 g/mol. The Labute approximate surface area is 127 Å². The van der Waals surface area contributed by atoms with Gasteiger partial charge in [0, 0.05) is 19.2 Å². The Morgan fingerprint density at radius 2 is 1.95 bits per heavy atom. The number of aliphatic imine (C=N–C) groups is 1. The highest BCUT2D eigenvalue weighted by Crippen LogP contribution is 2.31. The van der Waals surface area contributed by atoms with Crippen LogP contribution in [0.15, 0.2) is 50.3 Å². The van der Waals surface area contributed by atoms with Crippen molar-refractivity contribution < 1.29 is 4.42 Å². The van der Waals surface area contributed by atoms with E-state index in [1.807, 2.05) is 24.3 Å². The molecule has 0 atom stereocenters. The van der Waals surface area contributed by atoms with Gasteiger partial charge in [0.2, 0.25) is 5.88 Å².